The number of anilines is 2. The van der Waals surface area contributed by atoms with Gasteiger partial charge in [-0.25, -0.2) is 0 Å². The first-order valence-corrected chi connectivity index (χ1v) is 7.38. The normalized spacial score (nSPS) is 18.0. The van der Waals surface area contributed by atoms with Gasteiger partial charge in [-0.1, -0.05) is 40.7 Å². The summed E-state index contributed by atoms with van der Waals surface area (Å²) in [7, 11) is 0. The van der Waals surface area contributed by atoms with Crippen molar-refractivity contribution in [2.24, 2.45) is 11.3 Å². The Kier molecular flexibility index (Phi) is 3.83. The first-order chi connectivity index (χ1) is 9.62. The number of Topliss-reactive ketones (excluding diaryl/α,β-unsaturated/α-hetero) is 1. The highest BCUT2D eigenvalue weighted by atomic mass is 16.2. The van der Waals surface area contributed by atoms with Crippen LogP contribution in [-0.4, -0.2) is 17.7 Å². The van der Waals surface area contributed by atoms with Gasteiger partial charge in [0.25, 0.3) is 0 Å². The molecule has 2 rings (SSSR count). The van der Waals surface area contributed by atoms with E-state index in [0.717, 1.165) is 11.3 Å². The van der Waals surface area contributed by atoms with Crippen molar-refractivity contribution in [3.05, 3.63) is 23.8 Å². The van der Waals surface area contributed by atoms with Gasteiger partial charge in [0, 0.05) is 29.1 Å². The predicted octanol–water partition coefficient (Wildman–Crippen LogP) is 2.80. The summed E-state index contributed by atoms with van der Waals surface area (Å²) in [6, 6.07) is 5.13. The van der Waals surface area contributed by atoms with Crippen LogP contribution in [0.3, 0.4) is 0 Å². The second-order valence-corrected chi connectivity index (χ2v) is 7.09. The van der Waals surface area contributed by atoms with Crippen LogP contribution in [0.4, 0.5) is 11.4 Å². The van der Waals surface area contributed by atoms with E-state index in [4.69, 9.17) is 5.73 Å². The monoisotopic (exact) mass is 288 g/mol. The van der Waals surface area contributed by atoms with Crippen LogP contribution in [0.25, 0.3) is 0 Å². The molecule has 1 unspecified atom stereocenters. The summed E-state index contributed by atoms with van der Waals surface area (Å²) in [5, 5.41) is 0. The fraction of sp³-hybridized carbons (Fsp3) is 0.529. The fourth-order valence-electron chi connectivity index (χ4n) is 2.67. The first-order valence-electron chi connectivity index (χ1n) is 7.38. The molecule has 1 aromatic rings. The van der Waals surface area contributed by atoms with Gasteiger partial charge in [0.15, 0.2) is 5.78 Å². The Hall–Kier alpha value is -1.84. The van der Waals surface area contributed by atoms with E-state index in [9.17, 15) is 9.59 Å². The molecule has 0 saturated carbocycles. The molecule has 21 heavy (non-hydrogen) atoms. The smallest absolute Gasteiger partial charge is 0.233 e. The van der Waals surface area contributed by atoms with Crippen LogP contribution in [0.15, 0.2) is 18.2 Å². The van der Waals surface area contributed by atoms with Crippen molar-refractivity contribution in [2.75, 3.05) is 10.6 Å². The van der Waals surface area contributed by atoms with Gasteiger partial charge in [0.1, 0.15) is 0 Å². The van der Waals surface area contributed by atoms with Crippen molar-refractivity contribution in [3.8, 4) is 0 Å². The van der Waals surface area contributed by atoms with E-state index in [1.54, 1.807) is 11.0 Å². The molecule has 114 valence electrons. The summed E-state index contributed by atoms with van der Waals surface area (Å²) in [4.78, 5) is 27.0. The minimum Gasteiger partial charge on any atom is -0.399 e. The van der Waals surface area contributed by atoms with Gasteiger partial charge in [-0.3, -0.25) is 9.59 Å². The Morgan fingerprint density at radius 3 is 2.43 bits per heavy atom. The molecular formula is C17H24N2O2. The van der Waals surface area contributed by atoms with Crippen LogP contribution in [0.2, 0.25) is 0 Å². The summed E-state index contributed by atoms with van der Waals surface area (Å²) in [5.74, 6) is -0.0369. The molecular weight excluding hydrogens is 264 g/mol. The average molecular weight is 288 g/mol. The molecule has 4 nitrogen and oxygen atoms in total. The maximum absolute atomic E-state index is 12.8. The lowest BCUT2D eigenvalue weighted by molar-refractivity contribution is -0.130. The highest BCUT2D eigenvalue weighted by Crippen LogP contribution is 2.37. The number of carbonyl (C=O) groups is 2. The Balaban J connectivity index is 2.51. The van der Waals surface area contributed by atoms with Crippen molar-refractivity contribution in [1.82, 2.24) is 0 Å². The van der Waals surface area contributed by atoms with E-state index in [1.807, 2.05) is 46.8 Å². The van der Waals surface area contributed by atoms with Crippen LogP contribution in [0.5, 0.6) is 0 Å². The molecule has 1 aromatic carbocycles. The SMILES string of the molecule is CC(C)C(=O)C1Cc2ccc(N)cc2N1C(=O)C(C)(C)C. The van der Waals surface area contributed by atoms with Gasteiger partial charge in [0.2, 0.25) is 5.91 Å². The molecule has 1 heterocycles. The number of fused-ring (bicyclic) bond motifs is 1. The van der Waals surface area contributed by atoms with Crippen molar-refractivity contribution in [3.63, 3.8) is 0 Å². The van der Waals surface area contributed by atoms with Crippen molar-refractivity contribution < 1.29 is 9.59 Å². The average Bonchev–Trinajstić information content (AvgIpc) is 2.73. The third-order valence-electron chi connectivity index (χ3n) is 3.85. The molecule has 0 saturated heterocycles. The highest BCUT2D eigenvalue weighted by Gasteiger charge is 2.42. The molecule has 0 aromatic heterocycles. The summed E-state index contributed by atoms with van der Waals surface area (Å²) < 4.78 is 0. The second-order valence-electron chi connectivity index (χ2n) is 7.09. The summed E-state index contributed by atoms with van der Waals surface area (Å²) >= 11 is 0. The number of hydrogen-bond acceptors (Lipinski definition) is 3. The fourth-order valence-corrected chi connectivity index (χ4v) is 2.67. The van der Waals surface area contributed by atoms with Crippen LogP contribution in [-0.2, 0) is 16.0 Å². The number of ketones is 1. The second kappa shape index (κ2) is 5.17. The van der Waals surface area contributed by atoms with Gasteiger partial charge < -0.3 is 10.6 Å². The molecule has 0 bridgehead atoms. The minimum absolute atomic E-state index is 0.0362. The number of nitrogen functional groups attached to an aromatic ring is 1. The third-order valence-corrected chi connectivity index (χ3v) is 3.85. The van der Waals surface area contributed by atoms with E-state index in [1.165, 1.54) is 0 Å². The number of rotatable bonds is 2. The molecule has 1 aliphatic heterocycles. The van der Waals surface area contributed by atoms with Gasteiger partial charge in [-0.05, 0) is 17.7 Å². The highest BCUT2D eigenvalue weighted by molar-refractivity contribution is 6.06. The Morgan fingerprint density at radius 1 is 1.29 bits per heavy atom. The van der Waals surface area contributed by atoms with Gasteiger partial charge in [-0.15, -0.1) is 0 Å². The zero-order valence-electron chi connectivity index (χ0n) is 13.4. The number of hydrogen-bond donors (Lipinski definition) is 1. The maximum Gasteiger partial charge on any atom is 0.233 e. The summed E-state index contributed by atoms with van der Waals surface area (Å²) in [5.41, 5.74) is 7.73. The molecule has 0 spiro atoms. The number of nitrogens with two attached hydrogens (primary N) is 1. The first kappa shape index (κ1) is 15.5. The van der Waals surface area contributed by atoms with E-state index < -0.39 is 11.5 Å². The Morgan fingerprint density at radius 2 is 1.90 bits per heavy atom. The summed E-state index contributed by atoms with van der Waals surface area (Å²) in [6.45, 7) is 9.36. The van der Waals surface area contributed by atoms with Crippen LogP contribution in [0, 0.1) is 11.3 Å². The molecule has 0 aliphatic carbocycles. The molecule has 0 radical (unpaired) electrons. The molecule has 0 fully saturated rings. The van der Waals surface area contributed by atoms with E-state index in [0.29, 0.717) is 12.1 Å². The predicted molar refractivity (Wildman–Crippen MR) is 85.1 cm³/mol. The van der Waals surface area contributed by atoms with Crippen molar-refractivity contribution in [2.45, 2.75) is 47.1 Å². The Bertz CT molecular complexity index is 585. The number of nitrogens with zero attached hydrogens (tertiary/aromatic N) is 1. The van der Waals surface area contributed by atoms with Crippen LogP contribution < -0.4 is 10.6 Å². The van der Waals surface area contributed by atoms with Gasteiger partial charge in [0.05, 0.1) is 6.04 Å². The largest absolute Gasteiger partial charge is 0.399 e. The standard InChI is InChI=1S/C17H24N2O2/c1-10(2)15(20)14-8-11-6-7-12(18)9-13(11)19(14)16(21)17(3,4)5/h6-7,9-10,14H,8,18H2,1-5H3. The van der Waals surface area contributed by atoms with Gasteiger partial charge >= 0.3 is 0 Å². The Labute approximate surface area is 126 Å². The van der Waals surface area contributed by atoms with E-state index in [-0.39, 0.29) is 17.6 Å². The zero-order valence-corrected chi connectivity index (χ0v) is 13.4. The van der Waals surface area contributed by atoms with Gasteiger partial charge in [-0.2, -0.15) is 0 Å². The quantitative estimate of drug-likeness (QED) is 0.851. The van der Waals surface area contributed by atoms with Crippen molar-refractivity contribution in [1.29, 1.82) is 0 Å². The number of amides is 1. The lowest BCUT2D eigenvalue weighted by atomic mass is 9.92. The molecule has 2 N–H and O–H groups in total. The molecule has 4 heteroatoms. The maximum atomic E-state index is 12.8. The van der Waals surface area contributed by atoms with Crippen LogP contribution >= 0.6 is 0 Å². The van der Waals surface area contributed by atoms with Crippen molar-refractivity contribution >= 4 is 23.1 Å². The number of benzene rings is 1. The summed E-state index contributed by atoms with van der Waals surface area (Å²) in [6.07, 6.45) is 0.578. The third kappa shape index (κ3) is 2.80. The zero-order chi connectivity index (χ0) is 15.9. The van der Waals surface area contributed by atoms with Crippen LogP contribution in [0.1, 0.15) is 40.2 Å². The number of carbonyl (C=O) groups excluding carboxylic acids is 2. The molecule has 1 atom stereocenters. The molecule has 1 amide bonds. The topological polar surface area (TPSA) is 63.4 Å². The van der Waals surface area contributed by atoms with E-state index in [2.05, 4.69) is 0 Å². The minimum atomic E-state index is -0.540. The lowest BCUT2D eigenvalue weighted by Gasteiger charge is -2.31. The van der Waals surface area contributed by atoms with E-state index >= 15 is 0 Å². The molecule has 1 aliphatic rings. The lowest BCUT2D eigenvalue weighted by Crippen LogP contribution is -2.48.